The summed E-state index contributed by atoms with van der Waals surface area (Å²) in [4.78, 5) is 3.82. The van der Waals surface area contributed by atoms with E-state index in [9.17, 15) is 21.6 Å². The highest BCUT2D eigenvalue weighted by Gasteiger charge is 2.48. The fourth-order valence-corrected chi connectivity index (χ4v) is 2.72. The second-order valence-corrected chi connectivity index (χ2v) is 8.44. The third-order valence-corrected chi connectivity index (χ3v) is 4.70. The first-order valence-electron chi connectivity index (χ1n) is 7.85. The molecule has 0 aliphatic heterocycles. The summed E-state index contributed by atoms with van der Waals surface area (Å²) in [5.74, 6) is -0.651. The summed E-state index contributed by atoms with van der Waals surface area (Å²) in [5, 5.41) is 5.11. The minimum absolute atomic E-state index is 0.111. The van der Waals surface area contributed by atoms with Gasteiger partial charge in [-0.1, -0.05) is 20.8 Å². The zero-order valence-electron chi connectivity index (χ0n) is 14.6. The van der Waals surface area contributed by atoms with Crippen LogP contribution in [-0.4, -0.2) is 28.7 Å². The van der Waals surface area contributed by atoms with Crippen molar-refractivity contribution in [2.45, 2.75) is 31.7 Å². The molecule has 0 saturated carbocycles. The van der Waals surface area contributed by atoms with E-state index >= 15 is 0 Å². The highest BCUT2D eigenvalue weighted by atomic mass is 32.2. The Bertz CT molecular complexity index is 1100. The van der Waals surface area contributed by atoms with Gasteiger partial charge >= 0.3 is 15.6 Å². The van der Waals surface area contributed by atoms with Crippen LogP contribution in [-0.2, 0) is 15.5 Å². The van der Waals surface area contributed by atoms with Crippen molar-refractivity contribution in [3.8, 4) is 11.6 Å². The van der Waals surface area contributed by atoms with Crippen LogP contribution in [0.25, 0.3) is 16.6 Å². The Balaban J connectivity index is 1.93. The van der Waals surface area contributed by atoms with Crippen LogP contribution in [0.5, 0.6) is 5.88 Å². The Labute approximate surface area is 153 Å². The van der Waals surface area contributed by atoms with Gasteiger partial charge in [0, 0.05) is 23.1 Å². The largest absolute Gasteiger partial charge is 0.534 e. The van der Waals surface area contributed by atoms with E-state index in [0.29, 0.717) is 5.39 Å². The monoisotopic (exact) mass is 399 g/mol. The summed E-state index contributed by atoms with van der Waals surface area (Å²) in [5.41, 5.74) is -3.70. The Morgan fingerprint density at radius 1 is 1.04 bits per heavy atom. The second-order valence-electron chi connectivity index (χ2n) is 6.91. The number of pyridine rings is 1. The van der Waals surface area contributed by atoms with Gasteiger partial charge in [0.25, 0.3) is 0 Å². The summed E-state index contributed by atoms with van der Waals surface area (Å²) in [6, 6.07) is 9.37. The third-order valence-electron chi connectivity index (χ3n) is 3.75. The molecule has 144 valence electrons. The lowest BCUT2D eigenvalue weighted by Gasteiger charge is -2.14. The number of nitrogens with zero attached hydrogens (tertiary/aromatic N) is 3. The Morgan fingerprint density at radius 3 is 2.33 bits per heavy atom. The van der Waals surface area contributed by atoms with Crippen molar-refractivity contribution >= 4 is 21.0 Å². The highest BCUT2D eigenvalue weighted by molar-refractivity contribution is 7.87. The van der Waals surface area contributed by atoms with Gasteiger partial charge in [0.15, 0.2) is 0 Å². The van der Waals surface area contributed by atoms with Crippen molar-refractivity contribution in [1.29, 1.82) is 0 Å². The molecule has 1 aromatic carbocycles. The van der Waals surface area contributed by atoms with Crippen molar-refractivity contribution in [1.82, 2.24) is 14.8 Å². The molecule has 0 amide bonds. The van der Waals surface area contributed by atoms with Gasteiger partial charge in [-0.2, -0.15) is 26.7 Å². The van der Waals surface area contributed by atoms with Crippen LogP contribution in [0.2, 0.25) is 0 Å². The van der Waals surface area contributed by atoms with Gasteiger partial charge in [-0.25, -0.2) is 9.67 Å². The number of hydrogen-bond donors (Lipinski definition) is 0. The lowest BCUT2D eigenvalue weighted by atomic mass is 9.93. The minimum Gasteiger partial charge on any atom is -0.355 e. The average Bonchev–Trinajstić information content (AvgIpc) is 3.03. The fraction of sp³-hybridized carbons (Fsp3) is 0.294. The molecule has 0 aliphatic carbocycles. The van der Waals surface area contributed by atoms with Gasteiger partial charge in [-0.15, -0.1) is 0 Å². The van der Waals surface area contributed by atoms with E-state index in [4.69, 9.17) is 0 Å². The van der Waals surface area contributed by atoms with Gasteiger partial charge < -0.3 is 4.18 Å². The standard InChI is InChI=1S/C17H16F3N3O3S/c1-16(2,3)14-8-9-23(22-14)12-5-6-13-11(10-12)4-7-15(21-13)26-27(24,25)17(18,19)20/h4-10H,1-3H3. The SMILES string of the molecule is CC(C)(C)c1ccn(-c2ccc3nc(OS(=O)(=O)C(F)(F)F)ccc3c2)n1. The predicted octanol–water partition coefficient (Wildman–Crippen LogP) is 3.95. The number of aromatic nitrogens is 3. The summed E-state index contributed by atoms with van der Waals surface area (Å²) in [6.45, 7) is 6.13. The van der Waals surface area contributed by atoms with E-state index in [1.807, 2.05) is 33.0 Å². The molecule has 0 atom stereocenters. The molecule has 0 spiro atoms. The maximum absolute atomic E-state index is 12.4. The molecule has 27 heavy (non-hydrogen) atoms. The number of alkyl halides is 3. The highest BCUT2D eigenvalue weighted by Crippen LogP contribution is 2.28. The van der Waals surface area contributed by atoms with Crippen LogP contribution in [0, 0.1) is 0 Å². The molecule has 0 radical (unpaired) electrons. The van der Waals surface area contributed by atoms with Gasteiger partial charge in [-0.05, 0) is 30.3 Å². The molecule has 3 rings (SSSR count). The Morgan fingerprint density at radius 2 is 1.74 bits per heavy atom. The summed E-state index contributed by atoms with van der Waals surface area (Å²) >= 11 is 0. The molecule has 6 nitrogen and oxygen atoms in total. The molecule has 0 unspecified atom stereocenters. The number of hydrogen-bond acceptors (Lipinski definition) is 5. The number of rotatable bonds is 3. The van der Waals surface area contributed by atoms with Crippen molar-refractivity contribution in [2.75, 3.05) is 0 Å². The molecule has 0 saturated heterocycles. The van der Waals surface area contributed by atoms with Crippen molar-refractivity contribution in [3.05, 3.63) is 48.3 Å². The van der Waals surface area contributed by atoms with E-state index in [1.54, 1.807) is 22.9 Å². The average molecular weight is 399 g/mol. The van der Waals surface area contributed by atoms with E-state index in [-0.39, 0.29) is 10.9 Å². The lowest BCUT2D eigenvalue weighted by Crippen LogP contribution is -2.28. The van der Waals surface area contributed by atoms with Crippen molar-refractivity contribution < 1.29 is 25.8 Å². The van der Waals surface area contributed by atoms with E-state index in [2.05, 4.69) is 14.3 Å². The van der Waals surface area contributed by atoms with Crippen LogP contribution in [0.15, 0.2) is 42.6 Å². The van der Waals surface area contributed by atoms with E-state index in [0.717, 1.165) is 17.4 Å². The number of benzene rings is 1. The molecule has 2 heterocycles. The molecular weight excluding hydrogens is 383 g/mol. The third kappa shape index (κ3) is 3.90. The summed E-state index contributed by atoms with van der Waals surface area (Å²) < 4.78 is 65.1. The normalized spacial score (nSPS) is 13.1. The Hall–Kier alpha value is -2.62. The molecule has 10 heteroatoms. The molecule has 0 N–H and O–H groups in total. The first kappa shape index (κ1) is 19.2. The maximum atomic E-state index is 12.4. The summed E-state index contributed by atoms with van der Waals surface area (Å²) in [7, 11) is -5.76. The molecule has 0 aliphatic rings. The lowest BCUT2D eigenvalue weighted by molar-refractivity contribution is -0.0501. The molecular formula is C17H16F3N3O3S. The van der Waals surface area contributed by atoms with Crippen LogP contribution in [0.1, 0.15) is 26.5 Å². The maximum Gasteiger partial charge on any atom is 0.534 e. The first-order valence-corrected chi connectivity index (χ1v) is 9.26. The number of halogens is 3. The van der Waals surface area contributed by atoms with Gasteiger partial charge in [0.2, 0.25) is 5.88 Å². The van der Waals surface area contributed by atoms with Crippen LogP contribution in [0.3, 0.4) is 0 Å². The van der Waals surface area contributed by atoms with Gasteiger partial charge in [0.1, 0.15) is 0 Å². The predicted molar refractivity (Wildman–Crippen MR) is 93.2 cm³/mol. The number of fused-ring (bicyclic) bond motifs is 1. The van der Waals surface area contributed by atoms with Crippen LogP contribution >= 0.6 is 0 Å². The fourth-order valence-electron chi connectivity index (χ4n) is 2.31. The molecule has 3 aromatic rings. The minimum atomic E-state index is -5.76. The zero-order valence-corrected chi connectivity index (χ0v) is 15.5. The second kappa shape index (κ2) is 6.22. The smallest absolute Gasteiger partial charge is 0.355 e. The van der Waals surface area contributed by atoms with Crippen molar-refractivity contribution in [3.63, 3.8) is 0 Å². The van der Waals surface area contributed by atoms with Gasteiger partial charge in [0.05, 0.1) is 16.9 Å². The van der Waals surface area contributed by atoms with Gasteiger partial charge in [-0.3, -0.25) is 0 Å². The van der Waals surface area contributed by atoms with Crippen LogP contribution < -0.4 is 4.18 Å². The quantitative estimate of drug-likeness (QED) is 0.493. The molecule has 2 aromatic heterocycles. The zero-order chi connectivity index (χ0) is 20.0. The van der Waals surface area contributed by atoms with Crippen molar-refractivity contribution in [2.24, 2.45) is 0 Å². The first-order chi connectivity index (χ1) is 12.4. The summed E-state index contributed by atoms with van der Waals surface area (Å²) in [6.07, 6.45) is 1.81. The Kier molecular flexibility index (Phi) is 4.41. The van der Waals surface area contributed by atoms with E-state index < -0.39 is 21.5 Å². The van der Waals surface area contributed by atoms with Crippen LogP contribution in [0.4, 0.5) is 13.2 Å². The molecule has 0 fully saturated rings. The molecule has 0 bridgehead atoms. The van der Waals surface area contributed by atoms with E-state index in [1.165, 1.54) is 6.07 Å². The topological polar surface area (TPSA) is 74.1 Å².